The number of aromatic nitrogens is 1. The lowest BCUT2D eigenvalue weighted by Crippen LogP contribution is -2.31. The van der Waals surface area contributed by atoms with Crippen molar-refractivity contribution in [3.63, 3.8) is 0 Å². The number of carbonyl (C=O) groups is 3. The Kier molecular flexibility index (Phi) is 8.26. The van der Waals surface area contributed by atoms with E-state index in [9.17, 15) is 41.5 Å². The Hall–Kier alpha value is -4.59. The average Bonchev–Trinajstić information content (AvgIpc) is 2.86. The summed E-state index contributed by atoms with van der Waals surface area (Å²) in [5.41, 5.74) is -0.841. The number of benzene rings is 2. The number of hydrogen-bond donors (Lipinski definition) is 2. The van der Waals surface area contributed by atoms with Gasteiger partial charge >= 0.3 is 6.36 Å². The highest BCUT2D eigenvalue weighted by Crippen LogP contribution is 2.32. The van der Waals surface area contributed by atoms with Crippen molar-refractivity contribution in [3.8, 4) is 5.75 Å². The van der Waals surface area contributed by atoms with Gasteiger partial charge in [-0.1, -0.05) is 6.07 Å². The number of rotatable bonds is 8. The smallest absolute Gasteiger partial charge is 0.403 e. The molecule has 0 spiro atoms. The minimum atomic E-state index is -5.16. The number of nitrogens with one attached hydrogen (secondary N) is 1. The van der Waals surface area contributed by atoms with Gasteiger partial charge in [-0.25, -0.2) is 8.78 Å². The lowest BCUT2D eigenvalue weighted by Gasteiger charge is -2.23. The van der Waals surface area contributed by atoms with Crippen LogP contribution in [0.4, 0.5) is 33.3 Å². The molecular formula is C24H19F5N4O5. The molecule has 0 radical (unpaired) electrons. The van der Waals surface area contributed by atoms with E-state index in [-0.39, 0.29) is 39.7 Å². The summed E-state index contributed by atoms with van der Waals surface area (Å²) in [6.45, 7) is 1.19. The molecule has 0 bridgehead atoms. The molecule has 200 valence electrons. The van der Waals surface area contributed by atoms with Crippen molar-refractivity contribution in [3.05, 3.63) is 83.2 Å². The zero-order chi connectivity index (χ0) is 28.2. The van der Waals surface area contributed by atoms with Gasteiger partial charge in [0.1, 0.15) is 11.5 Å². The molecule has 2 aromatic carbocycles. The van der Waals surface area contributed by atoms with Crippen molar-refractivity contribution in [1.82, 2.24) is 10.3 Å². The SMILES string of the molecule is CC(=O)N(C)c1cc(C(=O)NC(c2ccc(OC(F)(F)F)c(F)c2)c2ncccc2F)ccc1N(O)C=O. The van der Waals surface area contributed by atoms with Gasteiger partial charge in [0.25, 0.3) is 5.91 Å². The molecule has 3 amide bonds. The normalized spacial score (nSPS) is 11.9. The van der Waals surface area contributed by atoms with Gasteiger partial charge in [-0.2, -0.15) is 5.06 Å². The number of amides is 3. The van der Waals surface area contributed by atoms with Gasteiger partial charge in [0.15, 0.2) is 11.6 Å². The van der Waals surface area contributed by atoms with Crippen molar-refractivity contribution in [1.29, 1.82) is 0 Å². The zero-order valence-corrected chi connectivity index (χ0v) is 19.7. The topological polar surface area (TPSA) is 112 Å². The van der Waals surface area contributed by atoms with E-state index in [0.29, 0.717) is 12.1 Å². The second kappa shape index (κ2) is 11.2. The second-order valence-corrected chi connectivity index (χ2v) is 7.75. The van der Waals surface area contributed by atoms with Gasteiger partial charge in [-0.15, -0.1) is 13.2 Å². The minimum absolute atomic E-state index is 0.0417. The molecule has 3 rings (SSSR count). The van der Waals surface area contributed by atoms with Gasteiger partial charge in [-0.3, -0.25) is 24.6 Å². The van der Waals surface area contributed by atoms with Crippen molar-refractivity contribution >= 4 is 29.6 Å². The van der Waals surface area contributed by atoms with Crippen LogP contribution in [-0.2, 0) is 9.59 Å². The molecule has 1 heterocycles. The molecule has 2 N–H and O–H groups in total. The molecule has 3 aromatic rings. The Labute approximate surface area is 212 Å². The van der Waals surface area contributed by atoms with Crippen LogP contribution in [0.5, 0.6) is 5.75 Å². The fraction of sp³-hybridized carbons (Fsp3) is 0.167. The Morgan fingerprint density at radius 3 is 2.37 bits per heavy atom. The highest BCUT2D eigenvalue weighted by molar-refractivity contribution is 6.01. The fourth-order valence-electron chi connectivity index (χ4n) is 3.39. The summed E-state index contributed by atoms with van der Waals surface area (Å²) >= 11 is 0. The molecular weight excluding hydrogens is 519 g/mol. The van der Waals surface area contributed by atoms with Crippen LogP contribution >= 0.6 is 0 Å². The van der Waals surface area contributed by atoms with Gasteiger partial charge in [0.2, 0.25) is 12.3 Å². The largest absolute Gasteiger partial charge is 0.573 e. The Morgan fingerprint density at radius 1 is 1.08 bits per heavy atom. The molecule has 0 saturated heterocycles. The maximum absolute atomic E-state index is 14.6. The van der Waals surface area contributed by atoms with Gasteiger partial charge < -0.3 is 15.0 Å². The molecule has 38 heavy (non-hydrogen) atoms. The first kappa shape index (κ1) is 28.0. The van der Waals surface area contributed by atoms with Crippen LogP contribution < -0.4 is 20.0 Å². The van der Waals surface area contributed by atoms with E-state index in [4.69, 9.17) is 0 Å². The molecule has 1 aromatic heterocycles. The molecule has 0 aliphatic heterocycles. The van der Waals surface area contributed by atoms with E-state index in [1.165, 1.54) is 32.3 Å². The number of hydrogen-bond acceptors (Lipinski definition) is 6. The summed E-state index contributed by atoms with van der Waals surface area (Å²) in [6, 6.07) is 6.60. The Bertz CT molecular complexity index is 1370. The van der Waals surface area contributed by atoms with Crippen LogP contribution in [-0.4, -0.2) is 41.8 Å². The lowest BCUT2D eigenvalue weighted by atomic mass is 10.0. The van der Waals surface area contributed by atoms with Gasteiger partial charge in [-0.05, 0) is 48.0 Å². The monoisotopic (exact) mass is 538 g/mol. The standard InChI is InChI=1S/C24H19F5N4O5/c1-13(35)32(2)19-11-15(5-7-18(19)33(37)12-34)23(36)31-21(22-16(25)4-3-9-30-22)14-6-8-20(17(26)10-14)38-24(27,28)29/h3-12,21,37H,1-2H3,(H,31,36). The summed E-state index contributed by atoms with van der Waals surface area (Å²) in [6.07, 6.45) is -3.90. The first-order valence-electron chi connectivity index (χ1n) is 10.6. The third-order valence-corrected chi connectivity index (χ3v) is 5.27. The Balaban J connectivity index is 2.04. The number of pyridine rings is 1. The predicted octanol–water partition coefficient (Wildman–Crippen LogP) is 4.11. The summed E-state index contributed by atoms with van der Waals surface area (Å²) in [5.74, 6) is -4.86. The summed E-state index contributed by atoms with van der Waals surface area (Å²) in [7, 11) is 1.32. The highest BCUT2D eigenvalue weighted by atomic mass is 19.4. The van der Waals surface area contributed by atoms with E-state index in [1.54, 1.807) is 0 Å². The van der Waals surface area contributed by atoms with Crippen LogP contribution in [0.1, 0.15) is 34.6 Å². The van der Waals surface area contributed by atoms with Gasteiger partial charge in [0, 0.05) is 25.7 Å². The number of nitrogens with zero attached hydrogens (tertiary/aromatic N) is 3. The molecule has 0 saturated carbocycles. The summed E-state index contributed by atoms with van der Waals surface area (Å²) < 4.78 is 70.3. The fourth-order valence-corrected chi connectivity index (χ4v) is 3.39. The first-order valence-corrected chi connectivity index (χ1v) is 10.6. The predicted molar refractivity (Wildman–Crippen MR) is 122 cm³/mol. The van der Waals surface area contributed by atoms with E-state index < -0.39 is 41.6 Å². The summed E-state index contributed by atoms with van der Waals surface area (Å²) in [4.78, 5) is 41.0. The van der Waals surface area contributed by atoms with Crippen molar-refractivity contribution in [2.45, 2.75) is 19.3 Å². The highest BCUT2D eigenvalue weighted by Gasteiger charge is 2.33. The first-order chi connectivity index (χ1) is 17.8. The summed E-state index contributed by atoms with van der Waals surface area (Å²) in [5, 5.41) is 12.5. The van der Waals surface area contributed by atoms with Crippen LogP contribution in [0.15, 0.2) is 54.7 Å². The third-order valence-electron chi connectivity index (χ3n) is 5.27. The average molecular weight is 538 g/mol. The molecule has 14 heteroatoms. The van der Waals surface area contributed by atoms with Crippen molar-refractivity contribution in [2.75, 3.05) is 17.0 Å². The molecule has 1 unspecified atom stereocenters. The molecule has 9 nitrogen and oxygen atoms in total. The van der Waals surface area contributed by atoms with Crippen molar-refractivity contribution in [2.24, 2.45) is 0 Å². The van der Waals surface area contributed by atoms with Crippen LogP contribution in [0.25, 0.3) is 0 Å². The lowest BCUT2D eigenvalue weighted by molar-refractivity contribution is -0.275. The molecule has 0 fully saturated rings. The van der Waals surface area contributed by atoms with E-state index in [2.05, 4.69) is 15.0 Å². The maximum Gasteiger partial charge on any atom is 0.573 e. The van der Waals surface area contributed by atoms with E-state index in [1.807, 2.05) is 0 Å². The number of anilines is 2. The van der Waals surface area contributed by atoms with Crippen molar-refractivity contribution < 1.29 is 46.3 Å². The molecule has 0 aliphatic carbocycles. The number of alkyl halides is 3. The molecule has 0 aliphatic rings. The Morgan fingerprint density at radius 2 is 1.79 bits per heavy atom. The van der Waals surface area contributed by atoms with Gasteiger partial charge in [0.05, 0.1) is 17.4 Å². The van der Waals surface area contributed by atoms with Crippen LogP contribution in [0, 0.1) is 11.6 Å². The van der Waals surface area contributed by atoms with E-state index >= 15 is 0 Å². The third kappa shape index (κ3) is 6.39. The minimum Gasteiger partial charge on any atom is -0.403 e. The number of ether oxygens (including phenoxy) is 1. The number of hydroxylamine groups is 1. The zero-order valence-electron chi connectivity index (χ0n) is 19.7. The maximum atomic E-state index is 14.6. The number of carbonyl (C=O) groups excluding carboxylic acids is 3. The quantitative estimate of drug-likeness (QED) is 0.193. The van der Waals surface area contributed by atoms with E-state index in [0.717, 1.165) is 29.2 Å². The molecule has 1 atom stereocenters. The van der Waals surface area contributed by atoms with Crippen LogP contribution in [0.3, 0.4) is 0 Å². The van der Waals surface area contributed by atoms with Crippen LogP contribution in [0.2, 0.25) is 0 Å². The second-order valence-electron chi connectivity index (χ2n) is 7.75. The number of halogens is 5.